The summed E-state index contributed by atoms with van der Waals surface area (Å²) in [5.41, 5.74) is 2.02. The van der Waals surface area contributed by atoms with Crippen molar-refractivity contribution in [2.45, 2.75) is 32.4 Å². The lowest BCUT2D eigenvalue weighted by Crippen LogP contribution is -2.41. The summed E-state index contributed by atoms with van der Waals surface area (Å²) in [6, 6.07) is 5.53. The average molecular weight is 248 g/mol. The summed E-state index contributed by atoms with van der Waals surface area (Å²) in [5, 5.41) is 12.6. The van der Waals surface area contributed by atoms with Gasteiger partial charge in [-0.25, -0.2) is 0 Å². The van der Waals surface area contributed by atoms with E-state index in [2.05, 4.69) is 10.2 Å². The van der Waals surface area contributed by atoms with Crippen LogP contribution in [0, 0.1) is 6.92 Å². The third-order valence-electron chi connectivity index (χ3n) is 3.52. The number of aromatic hydroxyl groups is 1. The highest BCUT2D eigenvalue weighted by molar-refractivity contribution is 5.81. The van der Waals surface area contributed by atoms with Crippen LogP contribution in [0.5, 0.6) is 5.75 Å². The van der Waals surface area contributed by atoms with Crippen LogP contribution in [0.2, 0.25) is 0 Å². The van der Waals surface area contributed by atoms with Crippen molar-refractivity contribution in [1.82, 2.24) is 10.2 Å². The lowest BCUT2D eigenvalue weighted by molar-refractivity contribution is -0.125. The highest BCUT2D eigenvalue weighted by atomic mass is 16.3. The molecule has 98 valence electrons. The minimum absolute atomic E-state index is 0.0603. The Labute approximate surface area is 108 Å². The number of carbonyl (C=O) groups excluding carboxylic acids is 1. The van der Waals surface area contributed by atoms with Gasteiger partial charge in [0, 0.05) is 19.2 Å². The molecule has 0 aliphatic carbocycles. The zero-order valence-corrected chi connectivity index (χ0v) is 10.9. The van der Waals surface area contributed by atoms with Crippen molar-refractivity contribution in [3.63, 3.8) is 0 Å². The predicted molar refractivity (Wildman–Crippen MR) is 70.3 cm³/mol. The van der Waals surface area contributed by atoms with E-state index in [4.69, 9.17) is 0 Å². The van der Waals surface area contributed by atoms with E-state index in [1.807, 2.05) is 19.1 Å². The van der Waals surface area contributed by atoms with Gasteiger partial charge in [0.1, 0.15) is 5.75 Å². The monoisotopic (exact) mass is 248 g/mol. The van der Waals surface area contributed by atoms with Crippen LogP contribution in [0.3, 0.4) is 0 Å². The summed E-state index contributed by atoms with van der Waals surface area (Å²) < 4.78 is 0. The molecule has 1 aromatic carbocycles. The maximum Gasteiger partial charge on any atom is 0.237 e. The molecule has 18 heavy (non-hydrogen) atoms. The summed E-state index contributed by atoms with van der Waals surface area (Å²) >= 11 is 0. The van der Waals surface area contributed by atoms with Gasteiger partial charge in [0.15, 0.2) is 0 Å². The van der Waals surface area contributed by atoms with Crippen LogP contribution in [0.15, 0.2) is 18.2 Å². The van der Waals surface area contributed by atoms with Crippen LogP contribution in [0.1, 0.15) is 24.0 Å². The van der Waals surface area contributed by atoms with E-state index in [0.717, 1.165) is 30.5 Å². The number of nitrogens with one attached hydrogen (secondary N) is 1. The number of hydrogen-bond donors (Lipinski definition) is 2. The Balaban J connectivity index is 2.13. The Bertz CT molecular complexity index is 445. The molecular formula is C14H20N2O2. The van der Waals surface area contributed by atoms with Crippen LogP contribution in [0.4, 0.5) is 0 Å². The average Bonchev–Trinajstić information content (AvgIpc) is 2.81. The molecule has 1 aromatic rings. The van der Waals surface area contributed by atoms with Crippen molar-refractivity contribution < 1.29 is 9.90 Å². The van der Waals surface area contributed by atoms with Gasteiger partial charge in [0.2, 0.25) is 5.91 Å². The van der Waals surface area contributed by atoms with Crippen LogP contribution in [-0.4, -0.2) is 35.5 Å². The molecule has 4 nitrogen and oxygen atoms in total. The lowest BCUT2D eigenvalue weighted by atomic mass is 10.1. The van der Waals surface area contributed by atoms with Gasteiger partial charge >= 0.3 is 0 Å². The number of rotatable bonds is 3. The van der Waals surface area contributed by atoms with E-state index >= 15 is 0 Å². The first-order chi connectivity index (χ1) is 8.61. The molecule has 4 heteroatoms. The van der Waals surface area contributed by atoms with E-state index < -0.39 is 0 Å². The lowest BCUT2D eigenvalue weighted by Gasteiger charge is -2.23. The van der Waals surface area contributed by atoms with Crippen LogP contribution < -0.4 is 5.32 Å². The maximum absolute atomic E-state index is 11.8. The zero-order chi connectivity index (χ0) is 13.1. The number of phenols is 1. The van der Waals surface area contributed by atoms with Gasteiger partial charge in [0.05, 0.1) is 6.04 Å². The van der Waals surface area contributed by atoms with Gasteiger partial charge in [-0.05, 0) is 32.4 Å². The number of aryl methyl sites for hydroxylation is 1. The van der Waals surface area contributed by atoms with Crippen molar-refractivity contribution in [2.75, 3.05) is 13.6 Å². The first kappa shape index (κ1) is 12.9. The number of likely N-dealkylation sites (N-methyl/N-ethyl adjacent to an activating group) is 1. The first-order valence-corrected chi connectivity index (χ1v) is 6.36. The second-order valence-electron chi connectivity index (χ2n) is 4.87. The van der Waals surface area contributed by atoms with Gasteiger partial charge in [-0.2, -0.15) is 0 Å². The molecule has 0 aromatic heterocycles. The number of hydrogen-bond acceptors (Lipinski definition) is 3. The molecule has 1 unspecified atom stereocenters. The molecule has 0 bridgehead atoms. The van der Waals surface area contributed by atoms with Crippen molar-refractivity contribution >= 4 is 5.91 Å². The van der Waals surface area contributed by atoms with Crippen molar-refractivity contribution in [3.05, 3.63) is 29.3 Å². The van der Waals surface area contributed by atoms with Crippen LogP contribution in [0.25, 0.3) is 0 Å². The maximum atomic E-state index is 11.8. The molecule has 1 aliphatic rings. The molecule has 2 rings (SSSR count). The molecule has 1 amide bonds. The van der Waals surface area contributed by atoms with Gasteiger partial charge in [-0.1, -0.05) is 17.7 Å². The SMILES string of the molecule is CNC(=O)C1CCCN1Cc1cc(C)ccc1O. The third kappa shape index (κ3) is 2.64. The fourth-order valence-electron chi connectivity index (χ4n) is 2.54. The van der Waals surface area contributed by atoms with Crippen LogP contribution in [-0.2, 0) is 11.3 Å². The van der Waals surface area contributed by atoms with Crippen molar-refractivity contribution in [1.29, 1.82) is 0 Å². The Morgan fingerprint density at radius 3 is 3.06 bits per heavy atom. The van der Waals surface area contributed by atoms with Crippen molar-refractivity contribution in [3.8, 4) is 5.75 Å². The van der Waals surface area contributed by atoms with E-state index in [1.165, 1.54) is 0 Å². The molecule has 1 aliphatic heterocycles. The molecule has 1 fully saturated rings. The van der Waals surface area contributed by atoms with E-state index in [0.29, 0.717) is 12.3 Å². The fraction of sp³-hybridized carbons (Fsp3) is 0.500. The Morgan fingerprint density at radius 2 is 2.33 bits per heavy atom. The summed E-state index contributed by atoms with van der Waals surface area (Å²) in [6.45, 7) is 3.54. The zero-order valence-electron chi connectivity index (χ0n) is 10.9. The molecular weight excluding hydrogens is 228 g/mol. The third-order valence-corrected chi connectivity index (χ3v) is 3.52. The van der Waals surface area contributed by atoms with Crippen LogP contribution >= 0.6 is 0 Å². The minimum atomic E-state index is -0.0603. The number of likely N-dealkylation sites (tertiary alicyclic amines) is 1. The first-order valence-electron chi connectivity index (χ1n) is 6.36. The highest BCUT2D eigenvalue weighted by Crippen LogP contribution is 2.25. The summed E-state index contributed by atoms with van der Waals surface area (Å²) in [7, 11) is 1.67. The topological polar surface area (TPSA) is 52.6 Å². The van der Waals surface area contributed by atoms with Gasteiger partial charge in [-0.3, -0.25) is 9.69 Å². The Hall–Kier alpha value is -1.55. The standard InChI is InChI=1S/C14H20N2O2/c1-10-5-6-13(17)11(8-10)9-16-7-3-4-12(16)14(18)15-2/h5-6,8,12,17H,3-4,7,9H2,1-2H3,(H,15,18). The number of amides is 1. The Kier molecular flexibility index (Phi) is 3.87. The summed E-state index contributed by atoms with van der Waals surface area (Å²) in [5.74, 6) is 0.378. The Morgan fingerprint density at radius 1 is 1.56 bits per heavy atom. The van der Waals surface area contributed by atoms with Crippen molar-refractivity contribution in [2.24, 2.45) is 0 Å². The highest BCUT2D eigenvalue weighted by Gasteiger charge is 2.30. The summed E-state index contributed by atoms with van der Waals surface area (Å²) in [6.07, 6.45) is 1.93. The van der Waals surface area contributed by atoms with E-state index in [-0.39, 0.29) is 11.9 Å². The molecule has 0 spiro atoms. The predicted octanol–water partition coefficient (Wildman–Crippen LogP) is 1.41. The minimum Gasteiger partial charge on any atom is -0.508 e. The van der Waals surface area contributed by atoms with Gasteiger partial charge < -0.3 is 10.4 Å². The number of nitrogens with zero attached hydrogens (tertiary/aromatic N) is 1. The van der Waals surface area contributed by atoms with E-state index in [9.17, 15) is 9.90 Å². The number of phenolic OH excluding ortho intramolecular Hbond substituents is 1. The molecule has 0 saturated carbocycles. The second kappa shape index (κ2) is 5.40. The molecule has 2 N–H and O–H groups in total. The second-order valence-corrected chi connectivity index (χ2v) is 4.87. The molecule has 1 saturated heterocycles. The molecule has 0 radical (unpaired) electrons. The molecule has 1 atom stereocenters. The molecule has 1 heterocycles. The van der Waals surface area contributed by atoms with E-state index in [1.54, 1.807) is 13.1 Å². The van der Waals surface area contributed by atoms with Gasteiger partial charge in [0.25, 0.3) is 0 Å². The fourth-order valence-corrected chi connectivity index (χ4v) is 2.54. The number of carbonyl (C=O) groups is 1. The largest absolute Gasteiger partial charge is 0.508 e. The normalized spacial score (nSPS) is 20.0. The quantitative estimate of drug-likeness (QED) is 0.850. The van der Waals surface area contributed by atoms with Gasteiger partial charge in [-0.15, -0.1) is 0 Å². The smallest absolute Gasteiger partial charge is 0.237 e. The summed E-state index contributed by atoms with van der Waals surface area (Å²) in [4.78, 5) is 13.9. The number of benzene rings is 1.